The first-order chi connectivity index (χ1) is 13.6. The fourth-order valence-electron chi connectivity index (χ4n) is 3.72. The highest BCUT2D eigenvalue weighted by Gasteiger charge is 2.41. The van der Waals surface area contributed by atoms with Gasteiger partial charge in [0.25, 0.3) is 0 Å². The Morgan fingerprint density at radius 3 is 2.39 bits per heavy atom. The molecule has 2 aliphatic heterocycles. The molecule has 0 fully saturated rings. The van der Waals surface area contributed by atoms with E-state index in [0.717, 1.165) is 43.5 Å². The largest absolute Gasteiger partial charge is 0.464 e. The van der Waals surface area contributed by atoms with Gasteiger partial charge in [0, 0.05) is 26.5 Å². The highest BCUT2D eigenvalue weighted by atomic mass is 79.9. The molecule has 140 valence electrons. The number of hydrazone groups is 1. The minimum absolute atomic E-state index is 0.0648. The molecule has 0 saturated heterocycles. The fraction of sp³-hybridized carbons (Fsp3) is 0.136. The molecule has 2 heterocycles. The van der Waals surface area contributed by atoms with E-state index in [2.05, 4.69) is 37.9 Å². The lowest BCUT2D eigenvalue weighted by Gasteiger charge is -2.38. The van der Waals surface area contributed by atoms with Gasteiger partial charge in [0.2, 0.25) is 6.23 Å². The van der Waals surface area contributed by atoms with Crippen LogP contribution >= 0.6 is 31.9 Å². The summed E-state index contributed by atoms with van der Waals surface area (Å²) in [5.41, 5.74) is 4.00. The second kappa shape index (κ2) is 7.01. The standard InChI is InChI=1S/C22H15Br2FN2O/c23-15-5-1-14(2-6-15)22-27-20(18-11-16(24)7-10-21(18)28-22)12-19(26-27)13-3-8-17(25)9-4-13/h1-11,20,22H,12H2/t20-,22-/m1/s1. The Hall–Kier alpha value is -2.18. The second-order valence-corrected chi connectivity index (χ2v) is 8.69. The van der Waals surface area contributed by atoms with E-state index < -0.39 is 0 Å². The Morgan fingerprint density at radius 1 is 0.929 bits per heavy atom. The summed E-state index contributed by atoms with van der Waals surface area (Å²) in [7, 11) is 0. The predicted octanol–water partition coefficient (Wildman–Crippen LogP) is 6.59. The van der Waals surface area contributed by atoms with Crippen LogP contribution in [0.1, 0.15) is 35.4 Å². The van der Waals surface area contributed by atoms with Gasteiger partial charge < -0.3 is 4.74 Å². The van der Waals surface area contributed by atoms with Crippen LogP contribution in [0, 0.1) is 5.82 Å². The van der Waals surface area contributed by atoms with Gasteiger partial charge >= 0.3 is 0 Å². The van der Waals surface area contributed by atoms with E-state index in [1.165, 1.54) is 12.1 Å². The number of hydrogen-bond donors (Lipinski definition) is 0. The van der Waals surface area contributed by atoms with E-state index in [1.54, 1.807) is 12.1 Å². The Kier molecular flexibility index (Phi) is 4.48. The monoisotopic (exact) mass is 500 g/mol. The van der Waals surface area contributed by atoms with Crippen LogP contribution < -0.4 is 4.74 Å². The van der Waals surface area contributed by atoms with Crippen LogP contribution in [-0.4, -0.2) is 10.7 Å². The molecular formula is C22H15Br2FN2O. The normalized spacial score (nSPS) is 20.2. The van der Waals surface area contributed by atoms with Crippen molar-refractivity contribution in [3.63, 3.8) is 0 Å². The molecule has 0 aromatic heterocycles. The Labute approximate surface area is 179 Å². The minimum Gasteiger partial charge on any atom is -0.464 e. The predicted molar refractivity (Wildman–Crippen MR) is 114 cm³/mol. The van der Waals surface area contributed by atoms with Crippen molar-refractivity contribution in [2.45, 2.75) is 18.7 Å². The van der Waals surface area contributed by atoms with Crippen LogP contribution in [0.2, 0.25) is 0 Å². The first-order valence-electron chi connectivity index (χ1n) is 8.92. The summed E-state index contributed by atoms with van der Waals surface area (Å²) in [5.74, 6) is 0.623. The summed E-state index contributed by atoms with van der Waals surface area (Å²) in [4.78, 5) is 0. The Balaban J connectivity index is 1.59. The zero-order valence-corrected chi connectivity index (χ0v) is 17.8. The van der Waals surface area contributed by atoms with Crippen molar-refractivity contribution in [1.29, 1.82) is 0 Å². The van der Waals surface area contributed by atoms with Gasteiger partial charge in [-0.25, -0.2) is 9.40 Å². The summed E-state index contributed by atoms with van der Waals surface area (Å²) in [6.07, 6.45) is 0.426. The van der Waals surface area contributed by atoms with Gasteiger partial charge in [0.15, 0.2) is 0 Å². The van der Waals surface area contributed by atoms with Crippen LogP contribution in [0.4, 0.5) is 4.39 Å². The van der Waals surface area contributed by atoms with Crippen molar-refractivity contribution < 1.29 is 9.13 Å². The Bertz CT molecular complexity index is 1070. The maximum absolute atomic E-state index is 13.3. The van der Waals surface area contributed by atoms with Gasteiger partial charge in [0.1, 0.15) is 11.6 Å². The molecule has 3 nitrogen and oxygen atoms in total. The van der Waals surface area contributed by atoms with Crippen LogP contribution in [0.15, 0.2) is 80.8 Å². The number of hydrogen-bond acceptors (Lipinski definition) is 3. The van der Waals surface area contributed by atoms with Crippen LogP contribution in [-0.2, 0) is 0 Å². The lowest BCUT2D eigenvalue weighted by Crippen LogP contribution is -2.33. The molecule has 0 spiro atoms. The van der Waals surface area contributed by atoms with Gasteiger partial charge in [-0.3, -0.25) is 0 Å². The van der Waals surface area contributed by atoms with E-state index in [1.807, 2.05) is 41.4 Å². The number of rotatable bonds is 2. The third-order valence-corrected chi connectivity index (χ3v) is 6.11. The third kappa shape index (κ3) is 3.14. The van der Waals surface area contributed by atoms with Crippen molar-refractivity contribution >= 4 is 37.6 Å². The molecule has 0 saturated carbocycles. The zero-order chi connectivity index (χ0) is 19.3. The lowest BCUT2D eigenvalue weighted by atomic mass is 9.96. The van der Waals surface area contributed by atoms with Crippen molar-refractivity contribution in [2.24, 2.45) is 5.10 Å². The molecule has 28 heavy (non-hydrogen) atoms. The summed E-state index contributed by atoms with van der Waals surface area (Å²) in [6.45, 7) is 0. The lowest BCUT2D eigenvalue weighted by molar-refractivity contribution is -0.0190. The molecule has 0 aliphatic carbocycles. The molecular weight excluding hydrogens is 487 g/mol. The SMILES string of the molecule is Fc1ccc(C2=NN3[C@H](C2)c2cc(Br)ccc2O[C@@H]3c2ccc(Br)cc2)cc1. The first kappa shape index (κ1) is 17.9. The maximum atomic E-state index is 13.3. The van der Waals surface area contributed by atoms with Crippen molar-refractivity contribution in [3.05, 3.63) is 98.2 Å². The molecule has 3 aromatic carbocycles. The van der Waals surface area contributed by atoms with Gasteiger partial charge in [-0.2, -0.15) is 5.10 Å². The average molecular weight is 502 g/mol. The summed E-state index contributed by atoms with van der Waals surface area (Å²) in [6, 6.07) is 20.8. The van der Waals surface area contributed by atoms with Gasteiger partial charge in [0.05, 0.1) is 11.8 Å². The quantitative estimate of drug-likeness (QED) is 0.395. The molecule has 5 rings (SSSR count). The molecule has 3 aromatic rings. The molecule has 2 atom stereocenters. The van der Waals surface area contributed by atoms with E-state index in [-0.39, 0.29) is 18.1 Å². The molecule has 6 heteroatoms. The number of nitrogens with zero attached hydrogens (tertiary/aromatic N) is 2. The summed E-state index contributed by atoms with van der Waals surface area (Å²) < 4.78 is 21.7. The highest BCUT2D eigenvalue weighted by molar-refractivity contribution is 9.10. The number of fused-ring (bicyclic) bond motifs is 3. The molecule has 0 bridgehead atoms. The highest BCUT2D eigenvalue weighted by Crippen LogP contribution is 2.48. The molecule has 2 aliphatic rings. The molecule has 0 amide bonds. The van der Waals surface area contributed by atoms with Crippen LogP contribution in [0.5, 0.6) is 5.75 Å². The van der Waals surface area contributed by atoms with Gasteiger partial charge in [-0.05, 0) is 48.0 Å². The van der Waals surface area contributed by atoms with Crippen molar-refractivity contribution in [1.82, 2.24) is 5.01 Å². The maximum Gasteiger partial charge on any atom is 0.213 e. The van der Waals surface area contributed by atoms with E-state index in [4.69, 9.17) is 9.84 Å². The minimum atomic E-state index is -0.315. The summed E-state index contributed by atoms with van der Waals surface area (Å²) in [5, 5.41) is 6.92. The van der Waals surface area contributed by atoms with E-state index in [0.29, 0.717) is 0 Å². The average Bonchev–Trinajstić information content (AvgIpc) is 3.14. The van der Waals surface area contributed by atoms with Crippen molar-refractivity contribution in [2.75, 3.05) is 0 Å². The number of halogens is 3. The van der Waals surface area contributed by atoms with E-state index in [9.17, 15) is 4.39 Å². The van der Waals surface area contributed by atoms with E-state index >= 15 is 0 Å². The van der Waals surface area contributed by atoms with Gasteiger partial charge in [-0.15, -0.1) is 0 Å². The molecule has 0 radical (unpaired) electrons. The fourth-order valence-corrected chi connectivity index (χ4v) is 4.37. The second-order valence-electron chi connectivity index (χ2n) is 6.86. The summed E-state index contributed by atoms with van der Waals surface area (Å²) >= 11 is 7.05. The molecule has 0 N–H and O–H groups in total. The number of ether oxygens (including phenoxy) is 1. The van der Waals surface area contributed by atoms with Crippen LogP contribution in [0.25, 0.3) is 0 Å². The topological polar surface area (TPSA) is 24.8 Å². The zero-order valence-electron chi connectivity index (χ0n) is 14.6. The van der Waals surface area contributed by atoms with Crippen molar-refractivity contribution in [3.8, 4) is 5.75 Å². The third-order valence-electron chi connectivity index (χ3n) is 5.08. The van der Waals surface area contributed by atoms with Gasteiger partial charge in [-0.1, -0.05) is 56.1 Å². The smallest absolute Gasteiger partial charge is 0.213 e. The van der Waals surface area contributed by atoms with Crippen LogP contribution in [0.3, 0.4) is 0 Å². The Morgan fingerprint density at radius 2 is 1.64 bits per heavy atom. The number of benzene rings is 3. The molecule has 0 unspecified atom stereocenters. The first-order valence-corrected chi connectivity index (χ1v) is 10.5.